The standard InChI is InChI=1S/C21H21N3O2S/c1-2-16-10-18-20(23-13-24-21(18)27-16)22-11-15(25)12-26-19-9-5-7-14-6-3-4-8-17(14)19/h3-10,13,15,25H,2,11-12H2,1H3,(H,22,23,24). The summed E-state index contributed by atoms with van der Waals surface area (Å²) in [6, 6.07) is 16.1. The highest BCUT2D eigenvalue weighted by Crippen LogP contribution is 2.28. The molecule has 0 bridgehead atoms. The van der Waals surface area contributed by atoms with Gasteiger partial charge >= 0.3 is 0 Å². The Bertz CT molecular complexity index is 1060. The van der Waals surface area contributed by atoms with Crippen molar-refractivity contribution in [2.24, 2.45) is 0 Å². The third kappa shape index (κ3) is 3.86. The minimum Gasteiger partial charge on any atom is -0.490 e. The number of aliphatic hydroxyl groups is 1. The number of hydrogen-bond acceptors (Lipinski definition) is 6. The average Bonchev–Trinajstić information content (AvgIpc) is 3.14. The number of nitrogens with zero attached hydrogens (tertiary/aromatic N) is 2. The van der Waals surface area contributed by atoms with Crippen LogP contribution in [0.25, 0.3) is 21.0 Å². The van der Waals surface area contributed by atoms with Crippen LogP contribution in [-0.4, -0.2) is 34.3 Å². The molecule has 2 N–H and O–H groups in total. The van der Waals surface area contributed by atoms with Crippen molar-refractivity contribution in [3.63, 3.8) is 0 Å². The maximum Gasteiger partial charge on any atom is 0.138 e. The van der Waals surface area contributed by atoms with E-state index < -0.39 is 6.10 Å². The minimum atomic E-state index is -0.654. The summed E-state index contributed by atoms with van der Waals surface area (Å²) >= 11 is 1.68. The highest BCUT2D eigenvalue weighted by atomic mass is 32.1. The molecule has 0 saturated carbocycles. The zero-order valence-corrected chi connectivity index (χ0v) is 15.9. The summed E-state index contributed by atoms with van der Waals surface area (Å²) in [5, 5.41) is 16.7. The Labute approximate surface area is 161 Å². The SMILES string of the molecule is CCc1cc2c(NCC(O)COc3cccc4ccccc34)ncnc2s1. The Morgan fingerprint density at radius 1 is 1.11 bits per heavy atom. The number of aliphatic hydroxyl groups excluding tert-OH is 1. The second kappa shape index (κ2) is 7.90. The molecule has 4 aromatic rings. The number of ether oxygens (including phenoxy) is 1. The molecule has 27 heavy (non-hydrogen) atoms. The molecule has 0 amide bonds. The van der Waals surface area contributed by atoms with E-state index in [1.165, 1.54) is 4.88 Å². The first kappa shape index (κ1) is 17.7. The number of aryl methyl sites for hydroxylation is 1. The lowest BCUT2D eigenvalue weighted by atomic mass is 10.1. The lowest BCUT2D eigenvalue weighted by Crippen LogP contribution is -2.26. The summed E-state index contributed by atoms with van der Waals surface area (Å²) in [6.45, 7) is 2.69. The van der Waals surface area contributed by atoms with Crippen LogP contribution in [0.2, 0.25) is 0 Å². The van der Waals surface area contributed by atoms with Gasteiger partial charge in [0.05, 0.1) is 5.39 Å². The van der Waals surface area contributed by atoms with E-state index in [0.717, 1.165) is 39.0 Å². The van der Waals surface area contributed by atoms with Gasteiger partial charge in [-0.2, -0.15) is 0 Å². The van der Waals surface area contributed by atoms with Gasteiger partial charge in [0.2, 0.25) is 0 Å². The molecule has 2 aromatic carbocycles. The summed E-state index contributed by atoms with van der Waals surface area (Å²) in [5.74, 6) is 1.53. The van der Waals surface area contributed by atoms with Crippen molar-refractivity contribution in [1.29, 1.82) is 0 Å². The molecule has 2 heterocycles. The van der Waals surface area contributed by atoms with Crippen LogP contribution in [0.15, 0.2) is 54.9 Å². The van der Waals surface area contributed by atoms with Gasteiger partial charge < -0.3 is 15.2 Å². The van der Waals surface area contributed by atoms with Crippen LogP contribution in [-0.2, 0) is 6.42 Å². The number of benzene rings is 2. The van der Waals surface area contributed by atoms with Gasteiger partial charge in [0.1, 0.15) is 35.4 Å². The minimum absolute atomic E-state index is 0.207. The topological polar surface area (TPSA) is 67.3 Å². The number of hydrogen-bond donors (Lipinski definition) is 2. The van der Waals surface area contributed by atoms with E-state index >= 15 is 0 Å². The molecule has 1 unspecified atom stereocenters. The van der Waals surface area contributed by atoms with E-state index in [9.17, 15) is 5.11 Å². The molecule has 5 nitrogen and oxygen atoms in total. The van der Waals surface area contributed by atoms with E-state index in [2.05, 4.69) is 28.3 Å². The normalized spacial score (nSPS) is 12.4. The molecule has 138 valence electrons. The van der Waals surface area contributed by atoms with Crippen LogP contribution in [0.5, 0.6) is 5.75 Å². The monoisotopic (exact) mass is 379 g/mol. The first-order chi connectivity index (χ1) is 13.2. The predicted molar refractivity (Wildman–Crippen MR) is 111 cm³/mol. The van der Waals surface area contributed by atoms with Crippen molar-refractivity contribution in [3.05, 3.63) is 59.7 Å². The number of rotatable bonds is 7. The van der Waals surface area contributed by atoms with Gasteiger partial charge in [-0.15, -0.1) is 11.3 Å². The largest absolute Gasteiger partial charge is 0.490 e. The molecule has 0 radical (unpaired) electrons. The van der Waals surface area contributed by atoms with E-state index in [4.69, 9.17) is 4.74 Å². The third-order valence-corrected chi connectivity index (χ3v) is 5.60. The smallest absolute Gasteiger partial charge is 0.138 e. The van der Waals surface area contributed by atoms with Gasteiger partial charge in [-0.1, -0.05) is 43.3 Å². The number of anilines is 1. The van der Waals surface area contributed by atoms with Gasteiger partial charge in [-0.3, -0.25) is 0 Å². The number of fused-ring (bicyclic) bond motifs is 2. The maximum atomic E-state index is 10.3. The molecule has 0 aliphatic carbocycles. The van der Waals surface area contributed by atoms with Crippen LogP contribution in [0.4, 0.5) is 5.82 Å². The van der Waals surface area contributed by atoms with E-state index in [1.54, 1.807) is 17.7 Å². The molecule has 0 saturated heterocycles. The van der Waals surface area contributed by atoms with Crippen LogP contribution < -0.4 is 10.1 Å². The highest BCUT2D eigenvalue weighted by Gasteiger charge is 2.11. The fourth-order valence-electron chi connectivity index (χ4n) is 3.00. The van der Waals surface area contributed by atoms with Crippen LogP contribution in [0, 0.1) is 0 Å². The van der Waals surface area contributed by atoms with Crippen molar-refractivity contribution in [1.82, 2.24) is 9.97 Å². The zero-order valence-electron chi connectivity index (χ0n) is 15.1. The first-order valence-corrected chi connectivity index (χ1v) is 9.82. The van der Waals surface area contributed by atoms with Crippen molar-refractivity contribution < 1.29 is 9.84 Å². The summed E-state index contributed by atoms with van der Waals surface area (Å²) in [6.07, 6.45) is 1.87. The Morgan fingerprint density at radius 2 is 1.96 bits per heavy atom. The average molecular weight is 379 g/mol. The van der Waals surface area contributed by atoms with Gasteiger partial charge in [0.25, 0.3) is 0 Å². The number of thiophene rings is 1. The third-order valence-electron chi connectivity index (χ3n) is 4.41. The summed E-state index contributed by atoms with van der Waals surface area (Å²) in [4.78, 5) is 10.9. The molecule has 2 aromatic heterocycles. The summed E-state index contributed by atoms with van der Waals surface area (Å²) in [7, 11) is 0. The molecule has 0 fully saturated rings. The van der Waals surface area contributed by atoms with Crippen molar-refractivity contribution in [3.8, 4) is 5.75 Å². The van der Waals surface area contributed by atoms with Gasteiger partial charge in [-0.25, -0.2) is 9.97 Å². The van der Waals surface area contributed by atoms with Gasteiger partial charge in [0, 0.05) is 16.8 Å². The zero-order chi connectivity index (χ0) is 18.6. The van der Waals surface area contributed by atoms with E-state index in [0.29, 0.717) is 6.54 Å². The van der Waals surface area contributed by atoms with Crippen LogP contribution >= 0.6 is 11.3 Å². The Kier molecular flexibility index (Phi) is 5.18. The van der Waals surface area contributed by atoms with Crippen LogP contribution in [0.3, 0.4) is 0 Å². The van der Waals surface area contributed by atoms with Gasteiger partial charge in [0.15, 0.2) is 0 Å². The lowest BCUT2D eigenvalue weighted by Gasteiger charge is -2.15. The predicted octanol–water partition coefficient (Wildman–Crippen LogP) is 4.26. The maximum absolute atomic E-state index is 10.3. The molecular weight excluding hydrogens is 358 g/mol. The van der Waals surface area contributed by atoms with E-state index in [1.807, 2.05) is 42.5 Å². The van der Waals surface area contributed by atoms with Crippen molar-refractivity contribution in [2.45, 2.75) is 19.4 Å². The fourth-order valence-corrected chi connectivity index (χ4v) is 3.94. The second-order valence-electron chi connectivity index (χ2n) is 6.33. The number of nitrogens with one attached hydrogen (secondary N) is 1. The summed E-state index contributed by atoms with van der Waals surface area (Å²) in [5.41, 5.74) is 0. The molecule has 6 heteroatoms. The first-order valence-electron chi connectivity index (χ1n) is 9.00. The molecule has 1 atom stereocenters. The molecule has 4 rings (SSSR count). The Balaban J connectivity index is 1.40. The van der Waals surface area contributed by atoms with Gasteiger partial charge in [-0.05, 0) is 23.9 Å². The number of aromatic nitrogens is 2. The highest BCUT2D eigenvalue weighted by molar-refractivity contribution is 7.18. The molecular formula is C21H21N3O2S. The second-order valence-corrected chi connectivity index (χ2v) is 7.45. The Morgan fingerprint density at radius 3 is 2.85 bits per heavy atom. The Hall–Kier alpha value is -2.70. The lowest BCUT2D eigenvalue weighted by molar-refractivity contribution is 0.118. The van der Waals surface area contributed by atoms with Crippen molar-refractivity contribution >= 4 is 38.1 Å². The molecule has 0 aliphatic rings. The van der Waals surface area contributed by atoms with Crippen molar-refractivity contribution in [2.75, 3.05) is 18.5 Å². The molecule has 0 spiro atoms. The summed E-state index contributed by atoms with van der Waals surface area (Å²) < 4.78 is 5.86. The van der Waals surface area contributed by atoms with E-state index in [-0.39, 0.29) is 6.61 Å². The quantitative estimate of drug-likeness (QED) is 0.502. The van der Waals surface area contributed by atoms with Crippen LogP contribution in [0.1, 0.15) is 11.8 Å². The fraction of sp³-hybridized carbons (Fsp3) is 0.238. The molecule has 0 aliphatic heterocycles.